The summed E-state index contributed by atoms with van der Waals surface area (Å²) in [5.41, 5.74) is 2.20. The zero-order valence-electron chi connectivity index (χ0n) is 9.03. The molecule has 2 amide bonds. The standard InChI is InChI=1S/C11H12N2O2S/c1-6-9(7(2)14)10(13-11(15)12-6)8-3-4-16-5-8/h3-5,10H,1-2H3,(H2,12,13,15)/t10-/m0/s1. The second-order valence-electron chi connectivity index (χ2n) is 3.68. The van der Waals surface area contributed by atoms with Crippen molar-refractivity contribution >= 4 is 23.2 Å². The molecule has 1 aliphatic heterocycles. The van der Waals surface area contributed by atoms with Crippen molar-refractivity contribution in [1.29, 1.82) is 0 Å². The molecule has 84 valence electrons. The summed E-state index contributed by atoms with van der Waals surface area (Å²) in [7, 11) is 0. The highest BCUT2D eigenvalue weighted by atomic mass is 32.1. The zero-order valence-corrected chi connectivity index (χ0v) is 9.85. The highest BCUT2D eigenvalue weighted by Gasteiger charge is 2.28. The largest absolute Gasteiger partial charge is 0.327 e. The third kappa shape index (κ3) is 1.86. The van der Waals surface area contributed by atoms with Gasteiger partial charge in [-0.1, -0.05) is 0 Å². The Kier molecular flexibility index (Phi) is 2.78. The molecule has 1 aromatic heterocycles. The van der Waals surface area contributed by atoms with E-state index in [1.54, 1.807) is 18.3 Å². The van der Waals surface area contributed by atoms with Crippen LogP contribution in [0.1, 0.15) is 25.5 Å². The normalized spacial score (nSPS) is 20.4. The average Bonchev–Trinajstić information content (AvgIpc) is 2.67. The summed E-state index contributed by atoms with van der Waals surface area (Å²) in [4.78, 5) is 23.0. The van der Waals surface area contributed by atoms with Crippen LogP contribution in [0, 0.1) is 0 Å². The summed E-state index contributed by atoms with van der Waals surface area (Å²) in [5.74, 6) is -0.0267. The number of ketones is 1. The molecular formula is C11H12N2O2S. The maximum atomic E-state index is 11.6. The Morgan fingerprint density at radius 1 is 1.50 bits per heavy atom. The topological polar surface area (TPSA) is 58.2 Å². The molecule has 5 heteroatoms. The molecule has 2 heterocycles. The molecule has 16 heavy (non-hydrogen) atoms. The van der Waals surface area contributed by atoms with Crippen molar-refractivity contribution in [1.82, 2.24) is 10.6 Å². The minimum absolute atomic E-state index is 0.0267. The number of carbonyl (C=O) groups excluding carboxylic acids is 2. The van der Waals surface area contributed by atoms with Crippen molar-refractivity contribution in [3.05, 3.63) is 33.7 Å². The summed E-state index contributed by atoms with van der Waals surface area (Å²) < 4.78 is 0. The highest BCUT2D eigenvalue weighted by molar-refractivity contribution is 7.08. The van der Waals surface area contributed by atoms with E-state index < -0.39 is 0 Å². The quantitative estimate of drug-likeness (QED) is 0.824. The van der Waals surface area contributed by atoms with Gasteiger partial charge in [0.05, 0.1) is 6.04 Å². The van der Waals surface area contributed by atoms with Gasteiger partial charge in [-0.25, -0.2) is 4.79 Å². The maximum absolute atomic E-state index is 11.6. The third-order valence-electron chi connectivity index (χ3n) is 2.52. The predicted molar refractivity (Wildman–Crippen MR) is 62.1 cm³/mol. The third-order valence-corrected chi connectivity index (χ3v) is 3.23. The number of hydrogen-bond acceptors (Lipinski definition) is 3. The van der Waals surface area contributed by atoms with E-state index in [0.29, 0.717) is 11.3 Å². The van der Waals surface area contributed by atoms with Crippen LogP contribution >= 0.6 is 11.3 Å². The van der Waals surface area contributed by atoms with Crippen molar-refractivity contribution < 1.29 is 9.59 Å². The Morgan fingerprint density at radius 2 is 2.25 bits per heavy atom. The molecule has 0 radical (unpaired) electrons. The number of urea groups is 1. The van der Waals surface area contributed by atoms with Gasteiger partial charge in [0.25, 0.3) is 0 Å². The van der Waals surface area contributed by atoms with Crippen LogP contribution in [0.5, 0.6) is 0 Å². The van der Waals surface area contributed by atoms with Gasteiger partial charge in [0.1, 0.15) is 0 Å². The van der Waals surface area contributed by atoms with Crippen LogP contribution in [0.3, 0.4) is 0 Å². The van der Waals surface area contributed by atoms with Crippen LogP contribution in [0.2, 0.25) is 0 Å². The summed E-state index contributed by atoms with van der Waals surface area (Å²) in [5, 5.41) is 9.24. The Morgan fingerprint density at radius 3 is 2.81 bits per heavy atom. The van der Waals surface area contributed by atoms with E-state index in [1.165, 1.54) is 6.92 Å². The molecule has 0 saturated heterocycles. The molecule has 4 nitrogen and oxygen atoms in total. The van der Waals surface area contributed by atoms with Crippen molar-refractivity contribution in [2.24, 2.45) is 0 Å². The zero-order chi connectivity index (χ0) is 11.7. The van der Waals surface area contributed by atoms with Gasteiger partial charge < -0.3 is 10.6 Å². The van der Waals surface area contributed by atoms with Crippen molar-refractivity contribution in [3.8, 4) is 0 Å². The predicted octanol–water partition coefficient (Wildman–Crippen LogP) is 1.96. The Labute approximate surface area is 97.4 Å². The number of hydrogen-bond donors (Lipinski definition) is 2. The number of amides is 2. The molecule has 0 saturated carbocycles. The fourth-order valence-electron chi connectivity index (χ4n) is 1.85. The molecule has 0 spiro atoms. The maximum Gasteiger partial charge on any atom is 0.319 e. The van der Waals surface area contributed by atoms with Gasteiger partial charge in [0.2, 0.25) is 0 Å². The minimum atomic E-state index is -0.322. The lowest BCUT2D eigenvalue weighted by Crippen LogP contribution is -2.44. The first-order valence-corrected chi connectivity index (χ1v) is 5.85. The second kappa shape index (κ2) is 4.09. The summed E-state index contributed by atoms with van der Waals surface area (Å²) in [6.07, 6.45) is 0. The second-order valence-corrected chi connectivity index (χ2v) is 4.46. The van der Waals surface area contributed by atoms with Gasteiger partial charge in [-0.05, 0) is 36.2 Å². The monoisotopic (exact) mass is 236 g/mol. The molecule has 0 bridgehead atoms. The van der Waals surface area contributed by atoms with Gasteiger partial charge in [-0.3, -0.25) is 4.79 Å². The van der Waals surface area contributed by atoms with Crippen LogP contribution in [0.15, 0.2) is 28.1 Å². The lowest BCUT2D eigenvalue weighted by molar-refractivity contribution is -0.114. The molecule has 1 atom stereocenters. The first-order chi connectivity index (χ1) is 7.59. The van der Waals surface area contributed by atoms with E-state index in [4.69, 9.17) is 0 Å². The fourth-order valence-corrected chi connectivity index (χ4v) is 2.54. The summed E-state index contributed by atoms with van der Waals surface area (Å²) in [6, 6.07) is 1.33. The SMILES string of the molecule is CC(=O)C1=C(C)NC(=O)N[C@H]1c1ccsc1. The summed E-state index contributed by atoms with van der Waals surface area (Å²) >= 11 is 1.54. The van der Waals surface area contributed by atoms with Gasteiger partial charge in [0.15, 0.2) is 5.78 Å². The van der Waals surface area contributed by atoms with Crippen LogP contribution in [-0.4, -0.2) is 11.8 Å². The molecule has 0 aromatic carbocycles. The number of rotatable bonds is 2. The lowest BCUT2D eigenvalue weighted by Gasteiger charge is -2.27. The molecule has 1 aliphatic rings. The number of thiophene rings is 1. The van der Waals surface area contributed by atoms with E-state index >= 15 is 0 Å². The molecule has 2 N–H and O–H groups in total. The molecular weight excluding hydrogens is 224 g/mol. The minimum Gasteiger partial charge on any atom is -0.327 e. The molecule has 1 aromatic rings. The van der Waals surface area contributed by atoms with E-state index in [1.807, 2.05) is 16.8 Å². The highest BCUT2D eigenvalue weighted by Crippen LogP contribution is 2.28. The van der Waals surface area contributed by atoms with Crippen LogP contribution < -0.4 is 10.6 Å². The molecule has 2 rings (SSSR count). The summed E-state index contributed by atoms with van der Waals surface area (Å²) in [6.45, 7) is 3.26. The van der Waals surface area contributed by atoms with Crippen LogP contribution in [-0.2, 0) is 4.79 Å². The smallest absolute Gasteiger partial charge is 0.319 e. The number of carbonyl (C=O) groups is 2. The Balaban J connectivity index is 2.46. The van der Waals surface area contributed by atoms with Crippen molar-refractivity contribution in [2.45, 2.75) is 19.9 Å². The van der Waals surface area contributed by atoms with E-state index in [2.05, 4.69) is 10.6 Å². The molecule has 0 aliphatic carbocycles. The first kappa shape index (κ1) is 10.9. The van der Waals surface area contributed by atoms with E-state index in [-0.39, 0.29) is 17.9 Å². The number of allylic oxidation sites excluding steroid dienone is 1. The first-order valence-electron chi connectivity index (χ1n) is 4.91. The molecule has 0 unspecified atom stereocenters. The van der Waals surface area contributed by atoms with Crippen LogP contribution in [0.4, 0.5) is 4.79 Å². The van der Waals surface area contributed by atoms with Crippen LogP contribution in [0.25, 0.3) is 0 Å². The Bertz CT molecular complexity index is 462. The Hall–Kier alpha value is -1.62. The average molecular weight is 236 g/mol. The van der Waals surface area contributed by atoms with Gasteiger partial charge in [-0.15, -0.1) is 0 Å². The fraction of sp³-hybridized carbons (Fsp3) is 0.273. The molecule has 0 fully saturated rings. The number of Topliss-reactive ketones (excluding diaryl/α,β-unsaturated/α-hetero) is 1. The van der Waals surface area contributed by atoms with Gasteiger partial charge >= 0.3 is 6.03 Å². The van der Waals surface area contributed by atoms with Crippen molar-refractivity contribution in [3.63, 3.8) is 0 Å². The van der Waals surface area contributed by atoms with E-state index in [0.717, 1.165) is 5.56 Å². The number of nitrogens with one attached hydrogen (secondary N) is 2. The lowest BCUT2D eigenvalue weighted by atomic mass is 9.95. The van der Waals surface area contributed by atoms with Crippen molar-refractivity contribution in [2.75, 3.05) is 0 Å². The van der Waals surface area contributed by atoms with E-state index in [9.17, 15) is 9.59 Å². The van der Waals surface area contributed by atoms with Gasteiger partial charge in [0, 0.05) is 11.3 Å². The van der Waals surface area contributed by atoms with Gasteiger partial charge in [-0.2, -0.15) is 11.3 Å².